The number of nitrogens with zero attached hydrogens (tertiary/aromatic N) is 2. The van der Waals surface area contributed by atoms with Crippen LogP contribution in [0.25, 0.3) is 5.70 Å². The molecule has 3 unspecified atom stereocenters. The Labute approximate surface area is 244 Å². The van der Waals surface area contributed by atoms with Crippen molar-refractivity contribution in [1.29, 1.82) is 0 Å². The number of benzene rings is 2. The fourth-order valence-electron chi connectivity index (χ4n) is 6.04. The van der Waals surface area contributed by atoms with Crippen molar-refractivity contribution in [3.63, 3.8) is 0 Å². The van der Waals surface area contributed by atoms with Gasteiger partial charge in [0.05, 0.1) is 11.7 Å². The molecule has 1 aliphatic heterocycles. The van der Waals surface area contributed by atoms with Crippen LogP contribution < -0.4 is 5.32 Å². The second kappa shape index (κ2) is 12.7. The number of halogens is 3. The summed E-state index contributed by atoms with van der Waals surface area (Å²) in [7, 11) is 0. The first kappa shape index (κ1) is 31.3. The number of alkyl halides is 3. The molecule has 1 heterocycles. The van der Waals surface area contributed by atoms with E-state index in [0.717, 1.165) is 31.1 Å². The largest absolute Gasteiger partial charge is 0.438 e. The summed E-state index contributed by atoms with van der Waals surface area (Å²) >= 11 is 0. The first-order valence-corrected chi connectivity index (χ1v) is 14.4. The van der Waals surface area contributed by atoms with Gasteiger partial charge in [0.1, 0.15) is 6.04 Å². The third-order valence-electron chi connectivity index (χ3n) is 8.09. The Morgan fingerprint density at radius 1 is 0.976 bits per heavy atom. The summed E-state index contributed by atoms with van der Waals surface area (Å²) in [5.74, 6) is -2.86. The summed E-state index contributed by atoms with van der Waals surface area (Å²) in [6.45, 7) is 4.35. The number of amides is 3. The summed E-state index contributed by atoms with van der Waals surface area (Å²) in [5.41, 5.74) is -2.97. The van der Waals surface area contributed by atoms with Crippen LogP contribution in [0.4, 0.5) is 13.2 Å². The molecule has 1 aliphatic carbocycles. The molecule has 3 amide bonds. The van der Waals surface area contributed by atoms with E-state index in [1.165, 1.54) is 11.1 Å². The maximum Gasteiger partial charge on any atom is 0.438 e. The molecule has 0 saturated heterocycles. The van der Waals surface area contributed by atoms with Crippen LogP contribution in [0.3, 0.4) is 0 Å². The van der Waals surface area contributed by atoms with E-state index in [-0.39, 0.29) is 17.5 Å². The van der Waals surface area contributed by atoms with Crippen molar-refractivity contribution in [3.05, 3.63) is 78.0 Å². The van der Waals surface area contributed by atoms with E-state index in [9.17, 15) is 32.7 Å². The Hall–Kier alpha value is -3.66. The number of aliphatic hydroxyl groups is 1. The highest BCUT2D eigenvalue weighted by molar-refractivity contribution is 5.98. The van der Waals surface area contributed by atoms with Gasteiger partial charge in [0.25, 0.3) is 11.6 Å². The molecule has 42 heavy (non-hydrogen) atoms. The summed E-state index contributed by atoms with van der Waals surface area (Å²) in [4.78, 5) is 42.9. The van der Waals surface area contributed by atoms with Crippen LogP contribution in [0.15, 0.2) is 66.9 Å². The van der Waals surface area contributed by atoms with E-state index >= 15 is 0 Å². The number of rotatable bonds is 8. The first-order valence-electron chi connectivity index (χ1n) is 14.4. The van der Waals surface area contributed by atoms with Gasteiger partial charge in [-0.1, -0.05) is 93.8 Å². The minimum Gasteiger partial charge on any atom is -0.362 e. The molecule has 4 rings (SSSR count). The van der Waals surface area contributed by atoms with Gasteiger partial charge < -0.3 is 15.3 Å². The minimum atomic E-state index is -5.36. The zero-order valence-electron chi connectivity index (χ0n) is 24.1. The molecule has 0 spiro atoms. The van der Waals surface area contributed by atoms with E-state index in [0.29, 0.717) is 24.0 Å². The fraction of sp³-hybridized carbons (Fsp3) is 0.469. The maximum atomic E-state index is 14.8. The predicted molar refractivity (Wildman–Crippen MR) is 152 cm³/mol. The van der Waals surface area contributed by atoms with Crippen molar-refractivity contribution < 1.29 is 32.7 Å². The zero-order chi connectivity index (χ0) is 30.7. The topological polar surface area (TPSA) is 89.9 Å². The van der Waals surface area contributed by atoms with Crippen LogP contribution in [-0.2, 0) is 20.8 Å². The lowest BCUT2D eigenvalue weighted by atomic mass is 9.85. The standard InChI is InChI=1S/C32H38F3N3O4/c1-21(2)28-30(41)38(27(19-23-13-7-4-8-14-23)31(42,32(33,34)35)36-22(3)39)26(24-15-9-5-10-16-24)20-37(28)29(40)25-17-11-6-12-18-25/h4-5,7-10,13-16,20-21,25,27-28,42H,6,11-12,17-19H2,1-3H3,(H,36,39). The molecule has 3 atom stereocenters. The number of hydrogen-bond donors (Lipinski definition) is 2. The third kappa shape index (κ3) is 6.38. The van der Waals surface area contributed by atoms with Crippen LogP contribution >= 0.6 is 0 Å². The van der Waals surface area contributed by atoms with Gasteiger partial charge >= 0.3 is 6.18 Å². The second-order valence-electron chi connectivity index (χ2n) is 11.5. The monoisotopic (exact) mass is 585 g/mol. The number of hydrogen-bond acceptors (Lipinski definition) is 4. The molecule has 2 N–H and O–H groups in total. The Morgan fingerprint density at radius 2 is 1.55 bits per heavy atom. The predicted octanol–water partition coefficient (Wildman–Crippen LogP) is 5.26. The van der Waals surface area contributed by atoms with Gasteiger partial charge in [-0.05, 0) is 36.3 Å². The van der Waals surface area contributed by atoms with E-state index in [1.54, 1.807) is 79.8 Å². The zero-order valence-corrected chi connectivity index (χ0v) is 24.1. The van der Waals surface area contributed by atoms with Crippen molar-refractivity contribution in [1.82, 2.24) is 15.1 Å². The number of nitrogens with one attached hydrogen (secondary N) is 1. The third-order valence-corrected chi connectivity index (χ3v) is 8.09. The number of carbonyl (C=O) groups excluding carboxylic acids is 3. The molecule has 0 aromatic heterocycles. The Bertz CT molecular complexity index is 1290. The van der Waals surface area contributed by atoms with Crippen LogP contribution in [0.1, 0.15) is 64.0 Å². The van der Waals surface area contributed by atoms with Crippen molar-refractivity contribution in [2.24, 2.45) is 11.8 Å². The molecule has 0 radical (unpaired) electrons. The van der Waals surface area contributed by atoms with Gasteiger partial charge in [0.2, 0.25) is 11.8 Å². The van der Waals surface area contributed by atoms with Crippen LogP contribution in [0.2, 0.25) is 0 Å². The average Bonchev–Trinajstić information content (AvgIpc) is 2.95. The fourth-order valence-corrected chi connectivity index (χ4v) is 6.04. The lowest BCUT2D eigenvalue weighted by molar-refractivity contribution is -0.287. The molecular formula is C32H38F3N3O4. The van der Waals surface area contributed by atoms with E-state index in [2.05, 4.69) is 0 Å². The lowest BCUT2D eigenvalue weighted by Gasteiger charge is -2.49. The summed E-state index contributed by atoms with van der Waals surface area (Å²) < 4.78 is 44.5. The molecule has 0 bridgehead atoms. The molecule has 226 valence electrons. The second-order valence-corrected chi connectivity index (χ2v) is 11.5. The highest BCUT2D eigenvalue weighted by Gasteiger charge is 2.63. The highest BCUT2D eigenvalue weighted by Crippen LogP contribution is 2.41. The summed E-state index contributed by atoms with van der Waals surface area (Å²) in [6.07, 6.45) is -0.173. The quantitative estimate of drug-likeness (QED) is 0.414. The van der Waals surface area contributed by atoms with Crippen molar-refractivity contribution in [2.45, 2.75) is 83.3 Å². The molecule has 1 fully saturated rings. The first-order chi connectivity index (χ1) is 19.8. The Balaban J connectivity index is 1.96. The van der Waals surface area contributed by atoms with Gasteiger partial charge in [-0.25, -0.2) is 0 Å². The van der Waals surface area contributed by atoms with Crippen molar-refractivity contribution >= 4 is 23.4 Å². The highest BCUT2D eigenvalue weighted by atomic mass is 19.4. The molecule has 2 aliphatic rings. The van der Waals surface area contributed by atoms with Crippen LogP contribution in [0.5, 0.6) is 0 Å². The normalized spacial score (nSPS) is 20.6. The molecule has 2 aromatic carbocycles. The van der Waals surface area contributed by atoms with Gasteiger partial charge in [-0.2, -0.15) is 13.2 Å². The molecule has 1 saturated carbocycles. The molecule has 10 heteroatoms. The Morgan fingerprint density at radius 3 is 2.07 bits per heavy atom. The van der Waals surface area contributed by atoms with Gasteiger partial charge in [0, 0.05) is 19.0 Å². The SMILES string of the molecule is CC(=O)NC(O)(C(Cc1ccccc1)N1C(=O)C(C(C)C)N(C(=O)C2CCCCC2)C=C1c1ccccc1)C(F)(F)F. The van der Waals surface area contributed by atoms with Gasteiger partial charge in [-0.3, -0.25) is 19.3 Å². The van der Waals surface area contributed by atoms with Crippen LogP contribution in [-0.4, -0.2) is 56.6 Å². The van der Waals surface area contributed by atoms with E-state index in [1.807, 2.05) is 0 Å². The van der Waals surface area contributed by atoms with Crippen molar-refractivity contribution in [3.8, 4) is 0 Å². The van der Waals surface area contributed by atoms with Crippen molar-refractivity contribution in [2.75, 3.05) is 0 Å². The molecule has 2 aromatic rings. The summed E-state index contributed by atoms with van der Waals surface area (Å²) in [5, 5.41) is 13.1. The maximum absolute atomic E-state index is 14.8. The molecule has 7 nitrogen and oxygen atoms in total. The smallest absolute Gasteiger partial charge is 0.362 e. The van der Waals surface area contributed by atoms with Crippen LogP contribution in [0, 0.1) is 11.8 Å². The average molecular weight is 586 g/mol. The minimum absolute atomic E-state index is 0.0376. The molecular weight excluding hydrogens is 547 g/mol. The Kier molecular flexibility index (Phi) is 9.45. The van der Waals surface area contributed by atoms with Gasteiger partial charge in [-0.15, -0.1) is 0 Å². The van der Waals surface area contributed by atoms with Gasteiger partial charge in [0.15, 0.2) is 0 Å². The lowest BCUT2D eigenvalue weighted by Crippen LogP contribution is -2.72. The van der Waals surface area contributed by atoms with E-state index < -0.39 is 48.1 Å². The number of carbonyl (C=O) groups is 3. The van der Waals surface area contributed by atoms with E-state index in [4.69, 9.17) is 0 Å². The summed E-state index contributed by atoms with van der Waals surface area (Å²) in [6, 6.07) is 13.4.